The zero-order valence-electron chi connectivity index (χ0n) is 12.4. The van der Waals surface area contributed by atoms with Crippen LogP contribution in [0.25, 0.3) is 0 Å². The van der Waals surface area contributed by atoms with Gasteiger partial charge in [0.15, 0.2) is 0 Å². The lowest BCUT2D eigenvalue weighted by Crippen LogP contribution is -2.24. The molecule has 120 valence electrons. The molecule has 0 aliphatic carbocycles. The molecule has 1 aromatic rings. The SMILES string of the molecule is COCC(C)OCC(O)CSc1nc(C)c(CC(=O)O)s1. The molecule has 21 heavy (non-hydrogen) atoms. The third kappa shape index (κ3) is 7.23. The predicted molar refractivity (Wildman–Crippen MR) is 82.2 cm³/mol. The molecule has 2 atom stereocenters. The van der Waals surface area contributed by atoms with Crippen LogP contribution in [0.2, 0.25) is 0 Å². The summed E-state index contributed by atoms with van der Waals surface area (Å²) in [4.78, 5) is 15.8. The predicted octanol–water partition coefficient (Wildman–Crippen LogP) is 1.58. The second kappa shape index (κ2) is 9.37. The van der Waals surface area contributed by atoms with E-state index < -0.39 is 12.1 Å². The second-order valence-electron chi connectivity index (χ2n) is 4.62. The number of thioether (sulfide) groups is 1. The standard InChI is InChI=1S/C13H21NO5S2/c1-8(5-18-3)19-6-10(15)7-20-13-14-9(2)11(21-13)4-12(16)17/h8,10,15H,4-7H2,1-3H3,(H,16,17). The summed E-state index contributed by atoms with van der Waals surface area (Å²) in [7, 11) is 1.60. The highest BCUT2D eigenvalue weighted by Crippen LogP contribution is 2.28. The molecule has 0 amide bonds. The molecule has 1 rings (SSSR count). The molecule has 6 nitrogen and oxygen atoms in total. The number of hydrogen-bond acceptors (Lipinski definition) is 7. The van der Waals surface area contributed by atoms with Gasteiger partial charge < -0.3 is 19.7 Å². The van der Waals surface area contributed by atoms with Gasteiger partial charge in [0.2, 0.25) is 0 Å². The summed E-state index contributed by atoms with van der Waals surface area (Å²) in [6.07, 6.45) is -0.662. The van der Waals surface area contributed by atoms with Crippen molar-refractivity contribution in [2.24, 2.45) is 0 Å². The molecule has 8 heteroatoms. The quantitative estimate of drug-likeness (QED) is 0.628. The first-order chi connectivity index (χ1) is 9.92. The Hall–Kier alpha value is -0.670. The number of aliphatic hydroxyl groups is 1. The zero-order valence-corrected chi connectivity index (χ0v) is 14.0. The number of methoxy groups -OCH3 is 1. The number of rotatable bonds is 10. The van der Waals surface area contributed by atoms with Crippen molar-refractivity contribution in [1.82, 2.24) is 4.98 Å². The number of carbonyl (C=O) groups is 1. The molecular formula is C13H21NO5S2. The lowest BCUT2D eigenvalue weighted by molar-refractivity contribution is -0.136. The van der Waals surface area contributed by atoms with Crippen molar-refractivity contribution in [2.75, 3.05) is 26.1 Å². The van der Waals surface area contributed by atoms with Crippen molar-refractivity contribution in [3.63, 3.8) is 0 Å². The molecule has 0 saturated carbocycles. The van der Waals surface area contributed by atoms with Crippen molar-refractivity contribution >= 4 is 29.1 Å². The van der Waals surface area contributed by atoms with Crippen LogP contribution in [0.4, 0.5) is 0 Å². The van der Waals surface area contributed by atoms with Gasteiger partial charge in [-0.05, 0) is 13.8 Å². The Morgan fingerprint density at radius 1 is 1.48 bits per heavy atom. The van der Waals surface area contributed by atoms with Crippen molar-refractivity contribution in [2.45, 2.75) is 36.8 Å². The van der Waals surface area contributed by atoms with Crippen LogP contribution in [-0.2, 0) is 20.7 Å². The largest absolute Gasteiger partial charge is 0.481 e. The third-order valence-electron chi connectivity index (χ3n) is 2.56. The number of ether oxygens (including phenoxy) is 2. The summed E-state index contributed by atoms with van der Waals surface area (Å²) in [6.45, 7) is 4.41. The van der Waals surface area contributed by atoms with E-state index >= 15 is 0 Å². The summed E-state index contributed by atoms with van der Waals surface area (Å²) in [5.74, 6) is -0.405. The molecule has 1 aromatic heterocycles. The molecule has 0 saturated heterocycles. The zero-order chi connectivity index (χ0) is 15.8. The van der Waals surface area contributed by atoms with Crippen LogP contribution in [0, 0.1) is 6.92 Å². The van der Waals surface area contributed by atoms with Gasteiger partial charge in [0.1, 0.15) is 4.34 Å². The highest BCUT2D eigenvalue weighted by molar-refractivity contribution is 8.01. The number of carboxylic acids is 1. The smallest absolute Gasteiger partial charge is 0.308 e. The second-order valence-corrected chi connectivity index (χ2v) is 6.97. The van der Waals surface area contributed by atoms with E-state index in [0.29, 0.717) is 12.4 Å². The number of aryl methyl sites for hydroxylation is 1. The van der Waals surface area contributed by atoms with Crippen LogP contribution in [-0.4, -0.2) is 59.5 Å². The number of carboxylic acid groups (broad SMARTS) is 1. The fraction of sp³-hybridized carbons (Fsp3) is 0.692. The van der Waals surface area contributed by atoms with Gasteiger partial charge in [-0.25, -0.2) is 4.98 Å². The lowest BCUT2D eigenvalue weighted by atomic mass is 10.3. The van der Waals surface area contributed by atoms with Crippen LogP contribution in [0.5, 0.6) is 0 Å². The van der Waals surface area contributed by atoms with E-state index in [0.717, 1.165) is 14.9 Å². The summed E-state index contributed by atoms with van der Waals surface area (Å²) in [6, 6.07) is 0. The van der Waals surface area contributed by atoms with Crippen LogP contribution < -0.4 is 0 Å². The minimum atomic E-state index is -0.862. The monoisotopic (exact) mass is 335 g/mol. The summed E-state index contributed by atoms with van der Waals surface area (Å²) in [5, 5.41) is 18.6. The fourth-order valence-corrected chi connectivity index (χ4v) is 3.69. The average Bonchev–Trinajstić information content (AvgIpc) is 2.74. The first kappa shape index (κ1) is 18.4. The van der Waals surface area contributed by atoms with Gasteiger partial charge in [0.25, 0.3) is 0 Å². The van der Waals surface area contributed by atoms with E-state index in [9.17, 15) is 9.90 Å². The Morgan fingerprint density at radius 2 is 2.19 bits per heavy atom. The third-order valence-corrected chi connectivity index (χ3v) is 5.00. The Balaban J connectivity index is 2.35. The van der Waals surface area contributed by atoms with Gasteiger partial charge in [-0.3, -0.25) is 4.79 Å². The minimum absolute atomic E-state index is 0.00967. The molecule has 0 aromatic carbocycles. The minimum Gasteiger partial charge on any atom is -0.481 e. The van der Waals surface area contributed by atoms with E-state index in [-0.39, 0.29) is 19.1 Å². The number of aliphatic hydroxyl groups excluding tert-OH is 1. The number of aromatic nitrogens is 1. The Bertz CT molecular complexity index is 452. The van der Waals surface area contributed by atoms with Gasteiger partial charge in [-0.1, -0.05) is 11.8 Å². The number of hydrogen-bond donors (Lipinski definition) is 2. The van der Waals surface area contributed by atoms with E-state index in [2.05, 4.69) is 4.98 Å². The summed E-state index contributed by atoms with van der Waals surface area (Å²) >= 11 is 2.77. The maximum absolute atomic E-state index is 10.7. The summed E-state index contributed by atoms with van der Waals surface area (Å²) in [5.41, 5.74) is 0.740. The number of thiazole rings is 1. The van der Waals surface area contributed by atoms with E-state index in [1.165, 1.54) is 23.1 Å². The van der Waals surface area contributed by atoms with Crippen LogP contribution >= 0.6 is 23.1 Å². The molecule has 0 aliphatic rings. The van der Waals surface area contributed by atoms with Crippen LogP contribution in [0.15, 0.2) is 4.34 Å². The molecule has 0 spiro atoms. The van der Waals surface area contributed by atoms with Crippen molar-refractivity contribution in [3.05, 3.63) is 10.6 Å². The van der Waals surface area contributed by atoms with Crippen molar-refractivity contribution in [1.29, 1.82) is 0 Å². The average molecular weight is 335 g/mol. The van der Waals surface area contributed by atoms with E-state index in [4.69, 9.17) is 14.6 Å². The van der Waals surface area contributed by atoms with Gasteiger partial charge in [0.05, 0.1) is 37.5 Å². The molecule has 0 bridgehead atoms. The van der Waals surface area contributed by atoms with Gasteiger partial charge in [-0.2, -0.15) is 0 Å². The Kier molecular flexibility index (Phi) is 8.20. The van der Waals surface area contributed by atoms with Crippen molar-refractivity contribution in [3.8, 4) is 0 Å². The summed E-state index contributed by atoms with van der Waals surface area (Å²) < 4.78 is 11.1. The molecule has 2 unspecified atom stereocenters. The molecule has 0 aliphatic heterocycles. The van der Waals surface area contributed by atoms with Gasteiger partial charge in [-0.15, -0.1) is 11.3 Å². The fourth-order valence-electron chi connectivity index (χ4n) is 1.54. The van der Waals surface area contributed by atoms with Crippen LogP contribution in [0.3, 0.4) is 0 Å². The molecule has 0 fully saturated rings. The van der Waals surface area contributed by atoms with E-state index in [1.807, 2.05) is 6.92 Å². The van der Waals surface area contributed by atoms with Gasteiger partial charge >= 0.3 is 5.97 Å². The Morgan fingerprint density at radius 3 is 2.81 bits per heavy atom. The maximum Gasteiger partial charge on any atom is 0.308 e. The highest BCUT2D eigenvalue weighted by Gasteiger charge is 2.14. The lowest BCUT2D eigenvalue weighted by Gasteiger charge is -2.15. The van der Waals surface area contributed by atoms with Gasteiger partial charge in [0, 0.05) is 17.7 Å². The first-order valence-corrected chi connectivity index (χ1v) is 8.32. The Labute approximate surface area is 132 Å². The number of nitrogens with zero attached hydrogens (tertiary/aromatic N) is 1. The van der Waals surface area contributed by atoms with Crippen LogP contribution in [0.1, 0.15) is 17.5 Å². The van der Waals surface area contributed by atoms with Crippen molar-refractivity contribution < 1.29 is 24.5 Å². The molecule has 2 N–H and O–H groups in total. The first-order valence-electron chi connectivity index (χ1n) is 6.51. The topological polar surface area (TPSA) is 88.9 Å². The molecular weight excluding hydrogens is 314 g/mol. The van der Waals surface area contributed by atoms with E-state index in [1.54, 1.807) is 14.0 Å². The number of aliphatic carboxylic acids is 1. The highest BCUT2D eigenvalue weighted by atomic mass is 32.2. The maximum atomic E-state index is 10.7. The molecule has 0 radical (unpaired) electrons. The normalized spacial score (nSPS) is 14.1. The molecule has 1 heterocycles.